The Kier molecular flexibility index (Phi) is 3.56. The third-order valence-electron chi connectivity index (χ3n) is 2.80. The fourth-order valence-corrected chi connectivity index (χ4v) is 2.14. The molecule has 0 unspecified atom stereocenters. The maximum absolute atomic E-state index is 12.3. The van der Waals surface area contributed by atoms with E-state index in [9.17, 15) is 4.79 Å². The van der Waals surface area contributed by atoms with Gasteiger partial charge in [-0.25, -0.2) is 4.98 Å². The van der Waals surface area contributed by atoms with Crippen molar-refractivity contribution in [2.75, 3.05) is 18.5 Å². The lowest BCUT2D eigenvalue weighted by atomic mass is 10.1. The van der Waals surface area contributed by atoms with E-state index in [4.69, 9.17) is 9.47 Å². The van der Waals surface area contributed by atoms with Crippen LogP contribution in [0.4, 0.5) is 5.69 Å². The highest BCUT2D eigenvalue weighted by Crippen LogP contribution is 2.33. The Morgan fingerprint density at radius 2 is 2.05 bits per heavy atom. The molecule has 1 aliphatic rings. The van der Waals surface area contributed by atoms with Crippen LogP contribution in [-0.4, -0.2) is 24.1 Å². The van der Waals surface area contributed by atoms with Crippen molar-refractivity contribution in [3.05, 3.63) is 46.7 Å². The number of carbonyl (C=O) groups excluding carboxylic acids is 1. The van der Waals surface area contributed by atoms with Crippen molar-refractivity contribution in [1.82, 2.24) is 4.98 Å². The van der Waals surface area contributed by atoms with Gasteiger partial charge >= 0.3 is 0 Å². The Labute approximate surface area is 124 Å². The zero-order valence-corrected chi connectivity index (χ0v) is 12.0. The van der Waals surface area contributed by atoms with E-state index in [0.717, 1.165) is 0 Å². The van der Waals surface area contributed by atoms with Crippen LogP contribution in [0.3, 0.4) is 0 Å². The quantitative estimate of drug-likeness (QED) is 0.858. The molecule has 5 nitrogen and oxygen atoms in total. The number of halogens is 1. The molecule has 0 atom stereocenters. The van der Waals surface area contributed by atoms with Crippen molar-refractivity contribution in [3.63, 3.8) is 0 Å². The number of aromatic nitrogens is 1. The molecule has 6 heteroatoms. The minimum atomic E-state index is -0.253. The molecular weight excluding hydrogens is 324 g/mol. The fraction of sp³-hybridized carbons (Fsp3) is 0.143. The Bertz CT molecular complexity index is 643. The van der Waals surface area contributed by atoms with Gasteiger partial charge in [0.05, 0.1) is 17.4 Å². The lowest BCUT2D eigenvalue weighted by Gasteiger charge is -2.20. The Morgan fingerprint density at radius 1 is 1.20 bits per heavy atom. The summed E-state index contributed by atoms with van der Waals surface area (Å²) in [7, 11) is 0. The van der Waals surface area contributed by atoms with Gasteiger partial charge in [-0.15, -0.1) is 0 Å². The topological polar surface area (TPSA) is 60.5 Å². The largest absolute Gasteiger partial charge is 0.486 e. The number of para-hydroxylation sites is 1. The molecule has 0 spiro atoms. The van der Waals surface area contributed by atoms with Crippen molar-refractivity contribution in [2.24, 2.45) is 0 Å². The summed E-state index contributed by atoms with van der Waals surface area (Å²) in [5.41, 5.74) is 1.07. The summed E-state index contributed by atoms with van der Waals surface area (Å²) in [6.07, 6.45) is 1.58. The SMILES string of the molecule is O=C(Nc1ccc(Br)nc1)c1cccc2c1OCCO2. The van der Waals surface area contributed by atoms with E-state index in [2.05, 4.69) is 26.2 Å². The predicted molar refractivity (Wildman–Crippen MR) is 77.3 cm³/mol. The zero-order valence-electron chi connectivity index (χ0n) is 10.4. The number of nitrogens with one attached hydrogen (secondary N) is 1. The summed E-state index contributed by atoms with van der Waals surface area (Å²) in [6.45, 7) is 0.936. The van der Waals surface area contributed by atoms with Crippen LogP contribution in [0.15, 0.2) is 41.1 Å². The molecule has 0 aliphatic carbocycles. The average molecular weight is 335 g/mol. The molecule has 2 aromatic rings. The van der Waals surface area contributed by atoms with E-state index < -0.39 is 0 Å². The minimum absolute atomic E-state index is 0.253. The van der Waals surface area contributed by atoms with Gasteiger partial charge in [-0.05, 0) is 40.2 Å². The number of pyridine rings is 1. The van der Waals surface area contributed by atoms with E-state index in [1.54, 1.807) is 36.5 Å². The summed E-state index contributed by atoms with van der Waals surface area (Å²) >= 11 is 3.25. The van der Waals surface area contributed by atoms with Gasteiger partial charge < -0.3 is 14.8 Å². The number of anilines is 1. The number of carbonyl (C=O) groups is 1. The molecule has 1 aromatic carbocycles. The van der Waals surface area contributed by atoms with Crippen LogP contribution in [-0.2, 0) is 0 Å². The Morgan fingerprint density at radius 3 is 2.85 bits per heavy atom. The zero-order chi connectivity index (χ0) is 13.9. The molecule has 0 radical (unpaired) electrons. The number of benzene rings is 1. The third kappa shape index (κ3) is 2.60. The van der Waals surface area contributed by atoms with Gasteiger partial charge in [-0.2, -0.15) is 0 Å². The molecule has 1 N–H and O–H groups in total. The lowest BCUT2D eigenvalue weighted by Crippen LogP contribution is -2.20. The van der Waals surface area contributed by atoms with E-state index in [1.165, 1.54) is 0 Å². The van der Waals surface area contributed by atoms with E-state index >= 15 is 0 Å². The number of nitrogens with zero attached hydrogens (tertiary/aromatic N) is 1. The molecule has 102 valence electrons. The molecule has 2 heterocycles. The second-order valence-electron chi connectivity index (χ2n) is 4.15. The van der Waals surface area contributed by atoms with E-state index in [-0.39, 0.29) is 5.91 Å². The van der Waals surface area contributed by atoms with Crippen molar-refractivity contribution in [2.45, 2.75) is 0 Å². The molecule has 0 saturated heterocycles. The standard InChI is InChI=1S/C14H11BrN2O3/c15-12-5-4-9(8-16-12)17-14(18)10-2-1-3-11-13(10)20-7-6-19-11/h1-5,8H,6-7H2,(H,17,18). The summed E-state index contributed by atoms with van der Waals surface area (Å²) in [5.74, 6) is 0.829. The average Bonchev–Trinajstić information content (AvgIpc) is 2.49. The number of hydrogen-bond acceptors (Lipinski definition) is 4. The first-order valence-electron chi connectivity index (χ1n) is 6.05. The fourth-order valence-electron chi connectivity index (χ4n) is 1.90. The third-order valence-corrected chi connectivity index (χ3v) is 3.27. The molecule has 20 heavy (non-hydrogen) atoms. The van der Waals surface area contributed by atoms with Gasteiger partial charge in [-0.3, -0.25) is 4.79 Å². The van der Waals surface area contributed by atoms with Crippen LogP contribution in [0, 0.1) is 0 Å². The summed E-state index contributed by atoms with van der Waals surface area (Å²) < 4.78 is 11.7. The highest BCUT2D eigenvalue weighted by Gasteiger charge is 2.20. The number of amides is 1. The number of hydrogen-bond donors (Lipinski definition) is 1. The lowest BCUT2D eigenvalue weighted by molar-refractivity contribution is 0.101. The summed E-state index contributed by atoms with van der Waals surface area (Å²) in [6, 6.07) is 8.78. The maximum atomic E-state index is 12.3. The van der Waals surface area contributed by atoms with Crippen LogP contribution in [0.1, 0.15) is 10.4 Å². The number of fused-ring (bicyclic) bond motifs is 1. The number of ether oxygens (including phenoxy) is 2. The smallest absolute Gasteiger partial charge is 0.259 e. The molecule has 3 rings (SSSR count). The second kappa shape index (κ2) is 5.50. The Balaban J connectivity index is 1.85. The Hall–Kier alpha value is -2.08. The molecule has 1 aromatic heterocycles. The van der Waals surface area contributed by atoms with Crippen LogP contribution in [0.25, 0.3) is 0 Å². The number of rotatable bonds is 2. The first kappa shape index (κ1) is 12.9. The van der Waals surface area contributed by atoms with Gasteiger partial charge in [-0.1, -0.05) is 6.07 Å². The molecular formula is C14H11BrN2O3. The highest BCUT2D eigenvalue weighted by molar-refractivity contribution is 9.10. The van der Waals surface area contributed by atoms with Crippen LogP contribution < -0.4 is 14.8 Å². The molecule has 0 fully saturated rings. The van der Waals surface area contributed by atoms with E-state index in [1.807, 2.05) is 0 Å². The van der Waals surface area contributed by atoms with Crippen LogP contribution in [0.2, 0.25) is 0 Å². The summed E-state index contributed by atoms with van der Waals surface area (Å²) in [4.78, 5) is 16.3. The van der Waals surface area contributed by atoms with Crippen LogP contribution >= 0.6 is 15.9 Å². The van der Waals surface area contributed by atoms with E-state index in [0.29, 0.717) is 40.6 Å². The first-order chi connectivity index (χ1) is 9.74. The predicted octanol–water partition coefficient (Wildman–Crippen LogP) is 2.87. The monoisotopic (exact) mass is 334 g/mol. The first-order valence-corrected chi connectivity index (χ1v) is 6.85. The van der Waals surface area contributed by atoms with Gasteiger partial charge in [0.2, 0.25) is 0 Å². The van der Waals surface area contributed by atoms with Crippen LogP contribution in [0.5, 0.6) is 11.5 Å². The van der Waals surface area contributed by atoms with Crippen molar-refractivity contribution in [3.8, 4) is 11.5 Å². The second-order valence-corrected chi connectivity index (χ2v) is 4.97. The molecule has 0 saturated carbocycles. The molecule has 1 aliphatic heterocycles. The maximum Gasteiger partial charge on any atom is 0.259 e. The molecule has 1 amide bonds. The van der Waals surface area contributed by atoms with Gasteiger partial charge in [0.25, 0.3) is 5.91 Å². The normalized spacial score (nSPS) is 12.8. The van der Waals surface area contributed by atoms with Crippen molar-refractivity contribution < 1.29 is 14.3 Å². The molecule has 0 bridgehead atoms. The summed E-state index contributed by atoms with van der Waals surface area (Å²) in [5, 5.41) is 2.78. The van der Waals surface area contributed by atoms with Gasteiger partial charge in [0.1, 0.15) is 17.8 Å². The highest BCUT2D eigenvalue weighted by atomic mass is 79.9. The van der Waals surface area contributed by atoms with Gasteiger partial charge in [0, 0.05) is 0 Å². The minimum Gasteiger partial charge on any atom is -0.486 e. The van der Waals surface area contributed by atoms with Crippen molar-refractivity contribution in [1.29, 1.82) is 0 Å². The van der Waals surface area contributed by atoms with Gasteiger partial charge in [0.15, 0.2) is 11.5 Å². The van der Waals surface area contributed by atoms with Crippen molar-refractivity contribution >= 4 is 27.5 Å².